The lowest BCUT2D eigenvalue weighted by molar-refractivity contribution is -0.147. The van der Waals surface area contributed by atoms with Crippen LogP contribution in [0.25, 0.3) is 0 Å². The summed E-state index contributed by atoms with van der Waals surface area (Å²) in [6, 6.07) is 4.48. The first-order chi connectivity index (χ1) is 14.1. The Morgan fingerprint density at radius 2 is 1.83 bits per heavy atom. The molecular weight excluding hydrogens is 368 g/mol. The standard InChI is InChI=1S/C23H36N2O4/c1-6-11-29-20-14-19-17-13-22(28-5)21(27-4)12-16(17)9-10-25(19)15-18(20)23(26)24(7-2)8-3/h12-13,18-20H,6-11,14-15H2,1-5H3. The third-order valence-corrected chi connectivity index (χ3v) is 6.38. The first-order valence-electron chi connectivity index (χ1n) is 11.0. The Morgan fingerprint density at radius 3 is 2.45 bits per heavy atom. The van der Waals surface area contributed by atoms with Gasteiger partial charge >= 0.3 is 0 Å². The molecule has 2 heterocycles. The largest absolute Gasteiger partial charge is 0.493 e. The molecule has 2 aliphatic heterocycles. The van der Waals surface area contributed by atoms with Crippen LogP contribution in [0, 0.1) is 5.92 Å². The molecule has 1 fully saturated rings. The summed E-state index contributed by atoms with van der Waals surface area (Å²) >= 11 is 0. The molecule has 1 saturated heterocycles. The minimum atomic E-state index is -0.0978. The maximum Gasteiger partial charge on any atom is 0.229 e. The molecule has 3 atom stereocenters. The molecule has 2 aliphatic rings. The Labute approximate surface area is 175 Å². The van der Waals surface area contributed by atoms with Crippen molar-refractivity contribution in [2.75, 3.05) is 47.0 Å². The molecule has 1 aromatic carbocycles. The summed E-state index contributed by atoms with van der Waals surface area (Å²) in [5.41, 5.74) is 2.60. The molecule has 3 rings (SSSR count). The average Bonchev–Trinajstić information content (AvgIpc) is 2.76. The average molecular weight is 405 g/mol. The van der Waals surface area contributed by atoms with E-state index in [1.165, 1.54) is 11.1 Å². The summed E-state index contributed by atoms with van der Waals surface area (Å²) in [7, 11) is 3.36. The summed E-state index contributed by atoms with van der Waals surface area (Å²) < 4.78 is 17.3. The molecule has 0 aromatic heterocycles. The van der Waals surface area contributed by atoms with Gasteiger partial charge in [-0.2, -0.15) is 0 Å². The summed E-state index contributed by atoms with van der Waals surface area (Å²) in [5, 5.41) is 0. The van der Waals surface area contributed by atoms with E-state index in [1.54, 1.807) is 14.2 Å². The van der Waals surface area contributed by atoms with Gasteiger partial charge in [0, 0.05) is 38.8 Å². The molecule has 0 saturated carbocycles. The Balaban J connectivity index is 1.90. The first kappa shape index (κ1) is 21.9. The van der Waals surface area contributed by atoms with E-state index >= 15 is 0 Å². The van der Waals surface area contributed by atoms with Gasteiger partial charge in [-0.25, -0.2) is 0 Å². The van der Waals surface area contributed by atoms with E-state index in [0.29, 0.717) is 6.61 Å². The minimum absolute atomic E-state index is 0.0525. The van der Waals surface area contributed by atoms with Crippen LogP contribution in [0.3, 0.4) is 0 Å². The molecule has 29 heavy (non-hydrogen) atoms. The third-order valence-electron chi connectivity index (χ3n) is 6.38. The number of fused-ring (bicyclic) bond motifs is 3. The number of piperidine rings is 1. The lowest BCUT2D eigenvalue weighted by atomic mass is 9.81. The molecule has 0 aliphatic carbocycles. The van der Waals surface area contributed by atoms with Crippen molar-refractivity contribution in [3.63, 3.8) is 0 Å². The van der Waals surface area contributed by atoms with Crippen molar-refractivity contribution < 1.29 is 19.0 Å². The van der Waals surface area contributed by atoms with Gasteiger partial charge in [-0.3, -0.25) is 9.69 Å². The second-order valence-corrected chi connectivity index (χ2v) is 7.93. The number of rotatable bonds is 8. The van der Waals surface area contributed by atoms with Crippen LogP contribution in [0.4, 0.5) is 0 Å². The van der Waals surface area contributed by atoms with Crippen molar-refractivity contribution in [2.24, 2.45) is 5.92 Å². The predicted octanol–water partition coefficient (Wildman–Crippen LogP) is 3.29. The number of amides is 1. The van der Waals surface area contributed by atoms with Gasteiger partial charge in [-0.1, -0.05) is 6.92 Å². The number of hydrogen-bond donors (Lipinski definition) is 0. The van der Waals surface area contributed by atoms with E-state index in [9.17, 15) is 4.79 Å². The van der Waals surface area contributed by atoms with E-state index < -0.39 is 0 Å². The van der Waals surface area contributed by atoms with Crippen LogP contribution in [0.2, 0.25) is 0 Å². The summed E-state index contributed by atoms with van der Waals surface area (Å²) in [4.78, 5) is 17.6. The minimum Gasteiger partial charge on any atom is -0.493 e. The van der Waals surface area contributed by atoms with Gasteiger partial charge in [-0.15, -0.1) is 0 Å². The van der Waals surface area contributed by atoms with Crippen LogP contribution < -0.4 is 9.47 Å². The van der Waals surface area contributed by atoms with Gasteiger partial charge in [0.1, 0.15) is 0 Å². The highest BCUT2D eigenvalue weighted by atomic mass is 16.5. The van der Waals surface area contributed by atoms with Crippen molar-refractivity contribution in [2.45, 2.75) is 52.2 Å². The predicted molar refractivity (Wildman–Crippen MR) is 114 cm³/mol. The van der Waals surface area contributed by atoms with Crippen LogP contribution in [0.1, 0.15) is 50.8 Å². The van der Waals surface area contributed by atoms with Gasteiger partial charge in [0.15, 0.2) is 11.5 Å². The monoisotopic (exact) mass is 404 g/mol. The van der Waals surface area contributed by atoms with Crippen molar-refractivity contribution in [1.29, 1.82) is 0 Å². The Morgan fingerprint density at radius 1 is 1.14 bits per heavy atom. The third kappa shape index (κ3) is 4.38. The van der Waals surface area contributed by atoms with Crippen molar-refractivity contribution in [3.8, 4) is 11.5 Å². The molecule has 1 amide bonds. The van der Waals surface area contributed by atoms with Gasteiger partial charge in [0.2, 0.25) is 5.91 Å². The molecule has 6 heteroatoms. The zero-order chi connectivity index (χ0) is 21.0. The van der Waals surface area contributed by atoms with Crippen molar-refractivity contribution >= 4 is 5.91 Å². The fourth-order valence-electron chi connectivity index (χ4n) is 4.79. The van der Waals surface area contributed by atoms with Crippen LogP contribution in [0.5, 0.6) is 11.5 Å². The molecule has 1 aromatic rings. The molecule has 162 valence electrons. The molecule has 6 nitrogen and oxygen atoms in total. The Bertz CT molecular complexity index is 704. The van der Waals surface area contributed by atoms with Crippen LogP contribution >= 0.6 is 0 Å². The van der Waals surface area contributed by atoms with E-state index in [-0.39, 0.29) is 24.0 Å². The number of hydrogen-bond acceptors (Lipinski definition) is 5. The highest BCUT2D eigenvalue weighted by Gasteiger charge is 2.43. The zero-order valence-corrected chi connectivity index (χ0v) is 18.6. The quantitative estimate of drug-likeness (QED) is 0.666. The molecule has 0 spiro atoms. The van der Waals surface area contributed by atoms with Crippen molar-refractivity contribution in [1.82, 2.24) is 9.80 Å². The van der Waals surface area contributed by atoms with E-state index in [4.69, 9.17) is 14.2 Å². The normalized spacial score (nSPS) is 23.8. The molecule has 0 radical (unpaired) electrons. The second kappa shape index (κ2) is 9.81. The molecule has 3 unspecified atom stereocenters. The van der Waals surface area contributed by atoms with Crippen LogP contribution in [0.15, 0.2) is 12.1 Å². The number of benzene rings is 1. The molecule has 0 bridgehead atoms. The zero-order valence-electron chi connectivity index (χ0n) is 18.6. The first-order valence-corrected chi connectivity index (χ1v) is 11.0. The van der Waals surface area contributed by atoms with E-state index in [2.05, 4.69) is 24.0 Å². The summed E-state index contributed by atoms with van der Waals surface area (Å²) in [6.07, 6.45) is 2.70. The fourth-order valence-corrected chi connectivity index (χ4v) is 4.79. The Kier molecular flexibility index (Phi) is 7.41. The molecule has 0 N–H and O–H groups in total. The van der Waals surface area contributed by atoms with Gasteiger partial charge < -0.3 is 19.1 Å². The van der Waals surface area contributed by atoms with E-state index in [1.807, 2.05) is 18.7 Å². The highest BCUT2D eigenvalue weighted by molar-refractivity contribution is 5.80. The van der Waals surface area contributed by atoms with Gasteiger partial charge in [0.25, 0.3) is 0 Å². The highest BCUT2D eigenvalue weighted by Crippen LogP contribution is 2.43. The summed E-state index contributed by atoms with van der Waals surface area (Å²) in [6.45, 7) is 10.1. The van der Waals surface area contributed by atoms with Crippen LogP contribution in [-0.2, 0) is 16.0 Å². The maximum atomic E-state index is 13.2. The van der Waals surface area contributed by atoms with Crippen LogP contribution in [-0.4, -0.2) is 68.8 Å². The number of carbonyl (C=O) groups is 1. The number of nitrogens with zero attached hydrogens (tertiary/aromatic N) is 2. The Hall–Kier alpha value is -1.79. The second-order valence-electron chi connectivity index (χ2n) is 7.93. The van der Waals surface area contributed by atoms with E-state index in [0.717, 1.165) is 56.9 Å². The summed E-state index contributed by atoms with van der Waals surface area (Å²) in [5.74, 6) is 1.68. The lowest BCUT2D eigenvalue weighted by Crippen LogP contribution is -2.54. The number of methoxy groups -OCH3 is 2. The number of carbonyl (C=O) groups excluding carboxylic acids is 1. The van der Waals surface area contributed by atoms with Crippen molar-refractivity contribution in [3.05, 3.63) is 23.3 Å². The van der Waals surface area contributed by atoms with Gasteiger partial charge in [-0.05, 0) is 56.4 Å². The lowest BCUT2D eigenvalue weighted by Gasteiger charge is -2.47. The maximum absolute atomic E-state index is 13.2. The number of ether oxygens (including phenoxy) is 3. The fraction of sp³-hybridized carbons (Fsp3) is 0.696. The molecular formula is C23H36N2O4. The van der Waals surface area contributed by atoms with Gasteiger partial charge in [0.05, 0.1) is 26.2 Å². The smallest absolute Gasteiger partial charge is 0.229 e. The SMILES string of the molecule is CCCOC1CC2c3cc(OC)c(OC)cc3CCN2CC1C(=O)N(CC)CC. The topological polar surface area (TPSA) is 51.2 Å².